The molecule has 0 N–H and O–H groups in total. The molecule has 0 aromatic carbocycles. The van der Waals surface area contributed by atoms with Crippen molar-refractivity contribution in [2.75, 3.05) is 0 Å². The molecule has 6 heteroatoms. The monoisotopic (exact) mass is 208 g/mol. The zero-order valence-electron chi connectivity index (χ0n) is 7.91. The average molecular weight is 208 g/mol. The third-order valence-corrected chi connectivity index (χ3v) is 1.08. The van der Waals surface area contributed by atoms with Gasteiger partial charge in [-0.3, -0.25) is 14.9 Å². The van der Waals surface area contributed by atoms with Crippen LogP contribution in [0.1, 0.15) is 6.92 Å². The first-order chi connectivity index (χ1) is 7.07. The molecule has 0 atom stereocenters. The minimum absolute atomic E-state index is 0.0958. The Hall–Kier alpha value is -2.42. The highest BCUT2D eigenvalue weighted by atomic mass is 16.6. The normalized spacial score (nSPS) is 8.80. The molecule has 15 heavy (non-hydrogen) atoms. The van der Waals surface area contributed by atoms with Crippen LogP contribution >= 0.6 is 0 Å². The predicted molar refractivity (Wildman–Crippen MR) is 50.8 cm³/mol. The summed E-state index contributed by atoms with van der Waals surface area (Å²) in [5.41, 5.74) is 0. The van der Waals surface area contributed by atoms with Crippen molar-refractivity contribution >= 4 is 11.7 Å². The molecule has 0 aliphatic rings. The van der Waals surface area contributed by atoms with Gasteiger partial charge in [-0.2, -0.15) is 5.26 Å². The first kappa shape index (κ1) is 12.6. The second-order valence-electron chi connectivity index (χ2n) is 2.28. The molecule has 0 saturated heterocycles. The van der Waals surface area contributed by atoms with Crippen molar-refractivity contribution < 1.29 is 14.1 Å². The van der Waals surface area contributed by atoms with Gasteiger partial charge >= 0.3 is 5.88 Å². The van der Waals surface area contributed by atoms with Crippen molar-refractivity contribution in [2.24, 2.45) is 0 Å². The lowest BCUT2D eigenvalue weighted by atomic mass is 10.4. The fraction of sp³-hybridized carbons (Fsp3) is 0.111. The molecule has 0 fully saturated rings. The molecule has 0 bridgehead atoms. The van der Waals surface area contributed by atoms with Gasteiger partial charge in [0, 0.05) is 6.08 Å². The van der Waals surface area contributed by atoms with Crippen molar-refractivity contribution in [2.45, 2.75) is 6.92 Å². The van der Waals surface area contributed by atoms with Crippen molar-refractivity contribution in [3.05, 3.63) is 40.7 Å². The van der Waals surface area contributed by atoms with E-state index < -0.39 is 4.92 Å². The Morgan fingerprint density at radius 1 is 1.73 bits per heavy atom. The minimum Gasteiger partial charge on any atom is -0.409 e. The van der Waals surface area contributed by atoms with Crippen molar-refractivity contribution in [1.29, 1.82) is 5.26 Å². The molecular weight excluding hydrogens is 200 g/mol. The Morgan fingerprint density at radius 3 is 2.60 bits per heavy atom. The van der Waals surface area contributed by atoms with E-state index >= 15 is 0 Å². The van der Waals surface area contributed by atoms with Gasteiger partial charge in [0.05, 0.1) is 18.4 Å². The lowest BCUT2D eigenvalue weighted by Gasteiger charge is -1.76. The van der Waals surface area contributed by atoms with Crippen molar-refractivity contribution in [1.82, 2.24) is 0 Å². The maximum absolute atomic E-state index is 9.96. The van der Waals surface area contributed by atoms with Gasteiger partial charge in [-0.1, -0.05) is 0 Å². The van der Waals surface area contributed by atoms with E-state index in [1.807, 2.05) is 0 Å². The summed E-state index contributed by atoms with van der Waals surface area (Å²) in [5.74, 6) is -0.313. The van der Waals surface area contributed by atoms with Crippen LogP contribution in [0.3, 0.4) is 0 Å². The molecular formula is C9H8N2O4. The van der Waals surface area contributed by atoms with Crippen LogP contribution in [0.4, 0.5) is 5.88 Å². The van der Waals surface area contributed by atoms with Crippen LogP contribution in [0.25, 0.3) is 0 Å². The molecule has 1 heterocycles. The quantitative estimate of drug-likeness (QED) is 0.319. The molecule has 78 valence electrons. The Bertz CT molecular complexity index is 387. The van der Waals surface area contributed by atoms with Crippen LogP contribution in [0.15, 0.2) is 35.0 Å². The molecule has 0 aliphatic heterocycles. The smallest absolute Gasteiger partial charge is 0.409 e. The Kier molecular flexibility index (Phi) is 5.89. The fourth-order valence-corrected chi connectivity index (χ4v) is 0.528. The van der Waals surface area contributed by atoms with Gasteiger partial charge in [-0.25, -0.2) is 0 Å². The van der Waals surface area contributed by atoms with Crippen molar-refractivity contribution in [3.63, 3.8) is 0 Å². The topological polar surface area (TPSA) is 97.1 Å². The number of hydrogen-bond acceptors (Lipinski definition) is 5. The van der Waals surface area contributed by atoms with Crippen LogP contribution in [-0.2, 0) is 4.79 Å². The second kappa shape index (κ2) is 7.03. The van der Waals surface area contributed by atoms with Gasteiger partial charge in [-0.05, 0) is 19.1 Å². The molecule has 0 radical (unpaired) electrons. The fourth-order valence-electron chi connectivity index (χ4n) is 0.528. The number of hydrogen-bond donors (Lipinski definition) is 0. The third-order valence-electron chi connectivity index (χ3n) is 1.08. The first-order valence-corrected chi connectivity index (χ1v) is 3.82. The summed E-state index contributed by atoms with van der Waals surface area (Å²) in [4.78, 5) is 19.2. The molecule has 0 unspecified atom stereocenters. The summed E-state index contributed by atoms with van der Waals surface area (Å²) in [6, 6.07) is 4.46. The van der Waals surface area contributed by atoms with Gasteiger partial charge in [0.15, 0.2) is 5.78 Å². The number of furan rings is 1. The average Bonchev–Trinajstić information content (AvgIpc) is 2.68. The number of nitrogens with zero attached hydrogens (tertiary/aromatic N) is 2. The van der Waals surface area contributed by atoms with E-state index in [-0.39, 0.29) is 11.7 Å². The second-order valence-corrected chi connectivity index (χ2v) is 2.28. The van der Waals surface area contributed by atoms with Gasteiger partial charge < -0.3 is 4.42 Å². The first-order valence-electron chi connectivity index (χ1n) is 3.82. The highest BCUT2D eigenvalue weighted by molar-refractivity contribution is 5.87. The molecule has 6 nitrogen and oxygen atoms in total. The number of nitriles is 1. The molecule has 0 aliphatic carbocycles. The SMILES string of the molecule is CC(=O)C=CC#N.O=[N+]([O-])c1ccco1. The van der Waals surface area contributed by atoms with Gasteiger partial charge in [-0.15, -0.1) is 0 Å². The Morgan fingerprint density at radius 2 is 2.40 bits per heavy atom. The number of ketones is 1. The van der Waals surface area contributed by atoms with E-state index in [9.17, 15) is 14.9 Å². The van der Waals surface area contributed by atoms with E-state index in [2.05, 4.69) is 4.42 Å². The van der Waals surface area contributed by atoms with Crippen LogP contribution in [0.2, 0.25) is 0 Å². The highest BCUT2D eigenvalue weighted by Crippen LogP contribution is 2.08. The molecule has 1 rings (SSSR count). The molecule has 1 aromatic rings. The van der Waals surface area contributed by atoms with E-state index in [4.69, 9.17) is 5.26 Å². The Balaban J connectivity index is 0.000000265. The summed E-state index contributed by atoms with van der Waals surface area (Å²) in [6.45, 7) is 1.40. The summed E-state index contributed by atoms with van der Waals surface area (Å²) in [5, 5.41) is 17.6. The Labute approximate surface area is 85.6 Å². The number of carbonyl (C=O) groups excluding carboxylic acids is 1. The summed E-state index contributed by atoms with van der Waals surface area (Å²) in [6.07, 6.45) is 3.64. The van der Waals surface area contributed by atoms with E-state index in [1.165, 1.54) is 31.4 Å². The van der Waals surface area contributed by atoms with E-state index in [1.54, 1.807) is 6.07 Å². The maximum Gasteiger partial charge on any atom is 0.432 e. The number of carbonyl (C=O) groups is 1. The molecule has 0 amide bonds. The molecule has 1 aromatic heterocycles. The van der Waals surface area contributed by atoms with Crippen LogP contribution in [0.5, 0.6) is 0 Å². The largest absolute Gasteiger partial charge is 0.432 e. The van der Waals surface area contributed by atoms with Crippen LogP contribution in [-0.4, -0.2) is 10.7 Å². The summed E-state index contributed by atoms with van der Waals surface area (Å²) >= 11 is 0. The lowest BCUT2D eigenvalue weighted by molar-refractivity contribution is -0.402. The molecule has 0 saturated carbocycles. The zero-order valence-corrected chi connectivity index (χ0v) is 7.91. The summed E-state index contributed by atoms with van der Waals surface area (Å²) < 4.78 is 4.40. The minimum atomic E-state index is -0.583. The predicted octanol–water partition coefficient (Wildman–Crippen LogP) is 1.84. The van der Waals surface area contributed by atoms with E-state index in [0.29, 0.717) is 0 Å². The maximum atomic E-state index is 9.96. The number of allylic oxidation sites excluding steroid dienone is 2. The van der Waals surface area contributed by atoms with Crippen LogP contribution in [0, 0.1) is 21.4 Å². The van der Waals surface area contributed by atoms with Gasteiger partial charge in [0.2, 0.25) is 0 Å². The number of rotatable bonds is 2. The van der Waals surface area contributed by atoms with Gasteiger partial charge in [0.1, 0.15) is 4.92 Å². The lowest BCUT2D eigenvalue weighted by Crippen LogP contribution is -1.81. The van der Waals surface area contributed by atoms with Crippen molar-refractivity contribution in [3.8, 4) is 6.07 Å². The zero-order chi connectivity index (χ0) is 11.7. The van der Waals surface area contributed by atoms with Crippen LogP contribution < -0.4 is 0 Å². The standard InChI is InChI=1S/C5H5NO.C4H3NO3/c1-5(7)3-2-4-6;6-5(7)4-2-1-3-8-4/h2-3H,1H3;1-3H. The summed E-state index contributed by atoms with van der Waals surface area (Å²) in [7, 11) is 0. The third kappa shape index (κ3) is 6.72. The highest BCUT2D eigenvalue weighted by Gasteiger charge is 2.04. The molecule has 0 spiro atoms. The van der Waals surface area contributed by atoms with Gasteiger partial charge in [0.25, 0.3) is 0 Å². The van der Waals surface area contributed by atoms with E-state index in [0.717, 1.165) is 6.08 Å². The number of nitro groups is 1.